The standard InChI is InChI=1S/C24H28N2O3.CH2O2/c27-22(21-10-8-20(9-11-21)19-6-2-1-3-7-19)12-13-23(28)25-16-24(17-29-18-24)26-14-4-5-15-26;2-1-3/h1-3,6-11H,4-5,12-18H2,(H,25,28);1H,(H,2,3). The van der Waals surface area contributed by atoms with E-state index in [4.69, 9.17) is 14.6 Å². The highest BCUT2D eigenvalue weighted by Gasteiger charge is 2.45. The molecular weight excluding hydrogens is 408 g/mol. The zero-order valence-corrected chi connectivity index (χ0v) is 18.2. The van der Waals surface area contributed by atoms with Crippen LogP contribution in [-0.2, 0) is 14.3 Å². The van der Waals surface area contributed by atoms with Gasteiger partial charge in [0.05, 0.1) is 18.8 Å². The molecule has 7 heteroatoms. The van der Waals surface area contributed by atoms with Crippen LogP contribution in [0.25, 0.3) is 11.1 Å². The first-order valence-corrected chi connectivity index (χ1v) is 10.9. The number of likely N-dealkylation sites (tertiary alicyclic amines) is 1. The van der Waals surface area contributed by atoms with Gasteiger partial charge in [0.2, 0.25) is 5.91 Å². The second kappa shape index (κ2) is 11.5. The number of amides is 1. The lowest BCUT2D eigenvalue weighted by molar-refractivity contribution is -0.138. The number of carboxylic acid groups (broad SMARTS) is 1. The summed E-state index contributed by atoms with van der Waals surface area (Å²) in [5.74, 6) is -0.0641. The van der Waals surface area contributed by atoms with Crippen molar-refractivity contribution in [2.24, 2.45) is 0 Å². The summed E-state index contributed by atoms with van der Waals surface area (Å²) in [5.41, 5.74) is 2.81. The fourth-order valence-electron chi connectivity index (χ4n) is 4.13. The molecule has 2 aliphatic rings. The van der Waals surface area contributed by atoms with Crippen LogP contribution in [0.3, 0.4) is 0 Å². The Labute approximate surface area is 188 Å². The van der Waals surface area contributed by atoms with Crippen molar-refractivity contribution in [3.8, 4) is 11.1 Å². The Kier molecular flexibility index (Phi) is 8.53. The van der Waals surface area contributed by atoms with Gasteiger partial charge in [0.15, 0.2) is 5.78 Å². The van der Waals surface area contributed by atoms with Crippen molar-refractivity contribution < 1.29 is 24.2 Å². The van der Waals surface area contributed by atoms with Crippen LogP contribution in [-0.4, -0.2) is 66.6 Å². The SMILES string of the molecule is O=C(CCC(=O)c1ccc(-c2ccccc2)cc1)NCC1(N2CCCC2)COC1.O=CO. The topological polar surface area (TPSA) is 95.9 Å². The van der Waals surface area contributed by atoms with Gasteiger partial charge in [-0.05, 0) is 37.1 Å². The van der Waals surface area contributed by atoms with Crippen LogP contribution in [0, 0.1) is 0 Å². The number of carbonyl (C=O) groups is 3. The Morgan fingerprint density at radius 3 is 2.12 bits per heavy atom. The second-order valence-corrected chi connectivity index (χ2v) is 8.16. The molecule has 0 saturated carbocycles. The number of ether oxygens (including phenoxy) is 1. The molecule has 0 radical (unpaired) electrons. The number of nitrogens with one attached hydrogen (secondary N) is 1. The molecule has 170 valence electrons. The molecule has 2 aromatic carbocycles. The van der Waals surface area contributed by atoms with E-state index in [1.807, 2.05) is 54.6 Å². The monoisotopic (exact) mass is 438 g/mol. The fraction of sp³-hybridized carbons (Fsp3) is 0.400. The molecule has 4 rings (SSSR count). The van der Waals surface area contributed by atoms with Crippen LogP contribution in [0.15, 0.2) is 54.6 Å². The normalized spacial score (nSPS) is 16.9. The lowest BCUT2D eigenvalue weighted by Gasteiger charge is -2.48. The van der Waals surface area contributed by atoms with E-state index in [0.717, 1.165) is 24.2 Å². The number of Topliss-reactive ketones (excluding diaryl/α,β-unsaturated/α-hetero) is 1. The van der Waals surface area contributed by atoms with Crippen molar-refractivity contribution in [3.63, 3.8) is 0 Å². The highest BCUT2D eigenvalue weighted by atomic mass is 16.5. The summed E-state index contributed by atoms with van der Waals surface area (Å²) in [6, 6.07) is 17.7. The molecule has 0 bridgehead atoms. The van der Waals surface area contributed by atoms with Gasteiger partial charge < -0.3 is 15.2 Å². The van der Waals surface area contributed by atoms with Gasteiger partial charge in [0.25, 0.3) is 6.47 Å². The molecule has 32 heavy (non-hydrogen) atoms. The molecular formula is C25H30N2O5. The van der Waals surface area contributed by atoms with Gasteiger partial charge in [0, 0.05) is 24.9 Å². The van der Waals surface area contributed by atoms with Crippen LogP contribution >= 0.6 is 0 Å². The number of carbonyl (C=O) groups excluding carboxylic acids is 2. The maximum Gasteiger partial charge on any atom is 0.290 e. The van der Waals surface area contributed by atoms with Crippen LogP contribution < -0.4 is 5.32 Å². The number of nitrogens with zero attached hydrogens (tertiary/aromatic N) is 1. The largest absolute Gasteiger partial charge is 0.483 e. The Morgan fingerprint density at radius 2 is 1.56 bits per heavy atom. The maximum atomic E-state index is 12.5. The molecule has 2 fully saturated rings. The number of benzene rings is 2. The zero-order valence-electron chi connectivity index (χ0n) is 18.2. The second-order valence-electron chi connectivity index (χ2n) is 8.16. The molecule has 1 amide bonds. The van der Waals surface area contributed by atoms with Gasteiger partial charge in [-0.1, -0.05) is 54.6 Å². The smallest absolute Gasteiger partial charge is 0.290 e. The predicted octanol–water partition coefficient (Wildman–Crippen LogP) is 3.00. The van der Waals surface area contributed by atoms with Gasteiger partial charge in [-0.25, -0.2) is 0 Å². The molecule has 7 nitrogen and oxygen atoms in total. The molecule has 0 unspecified atom stereocenters. The zero-order chi connectivity index (χ0) is 22.8. The minimum atomic E-state index is -0.250. The summed E-state index contributed by atoms with van der Waals surface area (Å²) in [7, 11) is 0. The van der Waals surface area contributed by atoms with E-state index in [-0.39, 0.29) is 36.5 Å². The van der Waals surface area contributed by atoms with Crippen molar-refractivity contribution in [1.82, 2.24) is 10.2 Å². The van der Waals surface area contributed by atoms with Crippen LogP contribution in [0.1, 0.15) is 36.0 Å². The van der Waals surface area contributed by atoms with E-state index in [0.29, 0.717) is 25.3 Å². The lowest BCUT2D eigenvalue weighted by atomic mass is 9.95. The molecule has 2 aromatic rings. The van der Waals surface area contributed by atoms with Gasteiger partial charge in [-0.2, -0.15) is 0 Å². The first kappa shape index (κ1) is 23.6. The van der Waals surface area contributed by atoms with Gasteiger partial charge >= 0.3 is 0 Å². The Hall–Kier alpha value is -3.03. The summed E-state index contributed by atoms with van der Waals surface area (Å²) < 4.78 is 5.43. The minimum Gasteiger partial charge on any atom is -0.483 e. The summed E-state index contributed by atoms with van der Waals surface area (Å²) in [4.78, 5) is 35.6. The number of hydrogen-bond acceptors (Lipinski definition) is 5. The molecule has 2 N–H and O–H groups in total. The third-order valence-corrected chi connectivity index (χ3v) is 6.03. The van der Waals surface area contributed by atoms with Crippen LogP contribution in [0.2, 0.25) is 0 Å². The Bertz CT molecular complexity index is 888. The van der Waals surface area contributed by atoms with E-state index in [1.54, 1.807) is 0 Å². The first-order chi connectivity index (χ1) is 15.6. The van der Waals surface area contributed by atoms with Crippen molar-refractivity contribution in [1.29, 1.82) is 0 Å². The molecule has 0 aromatic heterocycles. The number of rotatable bonds is 8. The summed E-state index contributed by atoms with van der Waals surface area (Å²) in [5, 5.41) is 9.92. The average Bonchev–Trinajstić information content (AvgIpc) is 3.33. The summed E-state index contributed by atoms with van der Waals surface area (Å²) >= 11 is 0. The summed E-state index contributed by atoms with van der Waals surface area (Å²) in [6.45, 7) is 3.87. The lowest BCUT2D eigenvalue weighted by Crippen LogP contribution is -2.66. The van der Waals surface area contributed by atoms with E-state index >= 15 is 0 Å². The minimum absolute atomic E-state index is 0.000922. The van der Waals surface area contributed by atoms with E-state index in [9.17, 15) is 9.59 Å². The molecule has 2 heterocycles. The van der Waals surface area contributed by atoms with Crippen molar-refractivity contribution in [2.45, 2.75) is 31.2 Å². The maximum absolute atomic E-state index is 12.5. The van der Waals surface area contributed by atoms with Crippen LogP contribution in [0.4, 0.5) is 0 Å². The quantitative estimate of drug-likeness (QED) is 0.486. The summed E-state index contributed by atoms with van der Waals surface area (Å²) in [6.07, 6.45) is 2.88. The van der Waals surface area contributed by atoms with E-state index < -0.39 is 0 Å². The Morgan fingerprint density at radius 1 is 0.969 bits per heavy atom. The van der Waals surface area contributed by atoms with Gasteiger partial charge in [0.1, 0.15) is 0 Å². The van der Waals surface area contributed by atoms with E-state index in [1.165, 1.54) is 12.8 Å². The Balaban J connectivity index is 0.000000913. The third kappa shape index (κ3) is 6.02. The highest BCUT2D eigenvalue weighted by Crippen LogP contribution is 2.28. The number of hydrogen-bond donors (Lipinski definition) is 2. The van der Waals surface area contributed by atoms with Crippen molar-refractivity contribution in [3.05, 3.63) is 60.2 Å². The molecule has 0 spiro atoms. The molecule has 2 saturated heterocycles. The highest BCUT2D eigenvalue weighted by molar-refractivity contribution is 5.98. The number of ketones is 1. The molecule has 0 aliphatic carbocycles. The van der Waals surface area contributed by atoms with E-state index in [2.05, 4.69) is 10.2 Å². The van der Waals surface area contributed by atoms with Gasteiger partial charge in [-0.3, -0.25) is 19.3 Å². The molecule has 2 aliphatic heterocycles. The van der Waals surface area contributed by atoms with Crippen molar-refractivity contribution in [2.75, 3.05) is 32.8 Å². The predicted molar refractivity (Wildman–Crippen MR) is 122 cm³/mol. The fourth-order valence-corrected chi connectivity index (χ4v) is 4.13. The first-order valence-electron chi connectivity index (χ1n) is 10.9. The van der Waals surface area contributed by atoms with Gasteiger partial charge in [-0.15, -0.1) is 0 Å². The van der Waals surface area contributed by atoms with Crippen LogP contribution in [0.5, 0.6) is 0 Å². The third-order valence-electron chi connectivity index (χ3n) is 6.03. The molecule has 0 atom stereocenters. The average molecular weight is 439 g/mol. The van der Waals surface area contributed by atoms with Crippen molar-refractivity contribution >= 4 is 18.2 Å².